The van der Waals surface area contributed by atoms with E-state index >= 15 is 0 Å². The maximum Gasteiger partial charge on any atom is 0.339 e. The second kappa shape index (κ2) is 9.99. The average molecular weight is 528 g/mol. The zero-order chi connectivity index (χ0) is 24.2. The topological polar surface area (TPSA) is 78.7 Å². The van der Waals surface area contributed by atoms with Crippen LogP contribution in [0.2, 0.25) is 5.04 Å². The monoisotopic (exact) mass is 527 g/mol. The van der Waals surface area contributed by atoms with E-state index in [0.717, 1.165) is 10.4 Å². The highest BCUT2D eigenvalue weighted by atomic mass is 79.9. The van der Waals surface area contributed by atoms with Crippen LogP contribution in [0.25, 0.3) is 0 Å². The number of carbonyl (C=O) groups is 1. The molecule has 0 aliphatic heterocycles. The second-order valence-electron chi connectivity index (χ2n) is 8.66. The van der Waals surface area contributed by atoms with E-state index in [0.29, 0.717) is 10.0 Å². The molecule has 0 radical (unpaired) electrons. The van der Waals surface area contributed by atoms with Crippen molar-refractivity contribution in [3.8, 4) is 0 Å². The molecular weight excluding hydrogens is 502 g/mol. The van der Waals surface area contributed by atoms with Gasteiger partial charge in [-0.1, -0.05) is 81.4 Å². The summed E-state index contributed by atoms with van der Waals surface area (Å²) >= 11 is 3.35. The highest BCUT2D eigenvalue weighted by Crippen LogP contribution is 2.38. The van der Waals surface area contributed by atoms with Crippen molar-refractivity contribution in [2.45, 2.75) is 32.4 Å². The zero-order valence-corrected chi connectivity index (χ0v) is 21.6. The smallest absolute Gasteiger partial charge is 0.339 e. The van der Waals surface area contributed by atoms with Gasteiger partial charge in [-0.25, -0.2) is 4.79 Å². The number of esters is 1. The van der Waals surface area contributed by atoms with Crippen LogP contribution >= 0.6 is 15.9 Å². The maximum atomic E-state index is 12.0. The van der Waals surface area contributed by atoms with E-state index in [1.54, 1.807) is 6.07 Å². The van der Waals surface area contributed by atoms with Crippen molar-refractivity contribution in [3.63, 3.8) is 0 Å². The minimum absolute atomic E-state index is 0.0175. The molecule has 3 rings (SSSR count). The van der Waals surface area contributed by atoms with E-state index in [9.17, 15) is 14.9 Å². The normalized spacial score (nSPS) is 11.8. The summed E-state index contributed by atoms with van der Waals surface area (Å²) in [7, 11) is -1.64. The van der Waals surface area contributed by atoms with Gasteiger partial charge in [-0.15, -0.1) is 0 Å². The van der Waals surface area contributed by atoms with Crippen LogP contribution in [0.4, 0.5) is 5.69 Å². The Kier molecular flexibility index (Phi) is 7.51. The molecule has 33 heavy (non-hydrogen) atoms. The molecule has 0 N–H and O–H groups in total. The van der Waals surface area contributed by atoms with Crippen LogP contribution in [0.15, 0.2) is 77.3 Å². The number of carbonyl (C=O) groups excluding carboxylic acids is 1. The number of nitro groups is 1. The van der Waals surface area contributed by atoms with Gasteiger partial charge < -0.3 is 9.16 Å². The lowest BCUT2D eigenvalue weighted by Crippen LogP contribution is -2.66. The molecule has 0 unspecified atom stereocenters. The highest BCUT2D eigenvalue weighted by Gasteiger charge is 2.50. The fraction of sp³-hybridized carbons (Fsp3) is 0.240. The van der Waals surface area contributed by atoms with Crippen LogP contribution < -0.4 is 10.4 Å². The molecular formula is C25H26BrNO5Si. The van der Waals surface area contributed by atoms with Crippen LogP contribution in [-0.4, -0.2) is 26.3 Å². The highest BCUT2D eigenvalue weighted by molar-refractivity contribution is 9.10. The Labute approximate surface area is 203 Å². The molecule has 0 amide bonds. The number of halogens is 1. The summed E-state index contributed by atoms with van der Waals surface area (Å²) in [6.07, 6.45) is 0. The van der Waals surface area contributed by atoms with Gasteiger partial charge in [-0.3, -0.25) is 10.1 Å². The van der Waals surface area contributed by atoms with E-state index in [2.05, 4.69) is 61.0 Å². The van der Waals surface area contributed by atoms with Crippen LogP contribution in [-0.2, 0) is 15.8 Å². The fourth-order valence-electron chi connectivity index (χ4n) is 4.10. The Bertz CT molecular complexity index is 1110. The van der Waals surface area contributed by atoms with Gasteiger partial charge in [-0.2, -0.15) is 0 Å². The first-order valence-electron chi connectivity index (χ1n) is 10.4. The largest absolute Gasteiger partial charge is 0.465 e. The molecule has 3 aromatic rings. The maximum absolute atomic E-state index is 12.0. The van der Waals surface area contributed by atoms with Crippen molar-refractivity contribution in [1.29, 1.82) is 0 Å². The number of nitrogens with zero attached hydrogens (tertiary/aromatic N) is 1. The summed E-state index contributed by atoms with van der Waals surface area (Å²) in [5.74, 6) is -0.649. The summed E-state index contributed by atoms with van der Waals surface area (Å²) in [6, 6.07) is 22.9. The van der Waals surface area contributed by atoms with Gasteiger partial charge in [0.05, 0.1) is 29.8 Å². The zero-order valence-electron chi connectivity index (χ0n) is 19.0. The van der Waals surface area contributed by atoms with Gasteiger partial charge in [0.15, 0.2) is 0 Å². The molecule has 0 saturated heterocycles. The Morgan fingerprint density at radius 3 is 1.94 bits per heavy atom. The SMILES string of the molecule is COC(=O)c1cc([N+](=O)[O-])c(CO[Si](c2ccccc2)(c2ccccc2)C(C)(C)C)cc1Br. The third kappa shape index (κ3) is 4.92. The predicted octanol–water partition coefficient (Wildman–Crippen LogP) is 5.22. The molecule has 0 saturated carbocycles. The van der Waals surface area contributed by atoms with Gasteiger partial charge in [-0.05, 0) is 37.4 Å². The average Bonchev–Trinajstić information content (AvgIpc) is 2.79. The number of ether oxygens (including phenoxy) is 1. The third-order valence-electron chi connectivity index (χ3n) is 5.63. The molecule has 0 atom stereocenters. The van der Waals surface area contributed by atoms with Crippen LogP contribution in [0.5, 0.6) is 0 Å². The number of nitro benzene ring substituents is 1. The molecule has 0 aliphatic carbocycles. The van der Waals surface area contributed by atoms with Gasteiger partial charge in [0, 0.05) is 10.5 Å². The summed E-state index contributed by atoms with van der Waals surface area (Å²) < 4.78 is 12.0. The molecule has 0 bridgehead atoms. The Balaban J connectivity index is 2.16. The summed E-state index contributed by atoms with van der Waals surface area (Å²) in [4.78, 5) is 23.4. The number of benzene rings is 3. The first-order chi connectivity index (χ1) is 15.6. The van der Waals surface area contributed by atoms with Gasteiger partial charge >= 0.3 is 5.97 Å². The first-order valence-corrected chi connectivity index (χ1v) is 13.1. The first kappa shape index (κ1) is 24.8. The summed E-state index contributed by atoms with van der Waals surface area (Å²) in [5.41, 5.74) is 0.294. The van der Waals surface area contributed by atoms with Crippen molar-refractivity contribution in [2.75, 3.05) is 7.11 Å². The molecule has 8 heteroatoms. The van der Waals surface area contributed by atoms with Crippen LogP contribution in [0.1, 0.15) is 36.7 Å². The van der Waals surface area contributed by atoms with E-state index in [1.807, 2.05) is 36.4 Å². The van der Waals surface area contributed by atoms with Crippen LogP contribution in [0, 0.1) is 10.1 Å². The molecule has 172 valence electrons. The summed E-state index contributed by atoms with van der Waals surface area (Å²) in [5, 5.41) is 13.7. The quantitative estimate of drug-likeness (QED) is 0.182. The minimum atomic E-state index is -2.88. The number of hydrogen-bond donors (Lipinski definition) is 0. The minimum Gasteiger partial charge on any atom is -0.465 e. The van der Waals surface area contributed by atoms with Crippen molar-refractivity contribution < 1.29 is 18.9 Å². The second-order valence-corrected chi connectivity index (χ2v) is 13.8. The van der Waals surface area contributed by atoms with Crippen LogP contribution in [0.3, 0.4) is 0 Å². The lowest BCUT2D eigenvalue weighted by molar-refractivity contribution is -0.385. The van der Waals surface area contributed by atoms with Crippen molar-refractivity contribution in [3.05, 3.63) is 98.5 Å². The van der Waals surface area contributed by atoms with E-state index in [1.165, 1.54) is 13.2 Å². The van der Waals surface area contributed by atoms with Crippen molar-refractivity contribution in [2.24, 2.45) is 0 Å². The number of hydrogen-bond acceptors (Lipinski definition) is 5. The predicted molar refractivity (Wildman–Crippen MR) is 135 cm³/mol. The number of rotatable bonds is 7. The van der Waals surface area contributed by atoms with E-state index < -0.39 is 19.2 Å². The van der Waals surface area contributed by atoms with Gasteiger partial charge in [0.2, 0.25) is 0 Å². The Morgan fingerprint density at radius 2 is 1.52 bits per heavy atom. The summed E-state index contributed by atoms with van der Waals surface area (Å²) in [6.45, 7) is 6.45. The Morgan fingerprint density at radius 1 is 1.00 bits per heavy atom. The Hall–Kier alpha value is -2.81. The van der Waals surface area contributed by atoms with Gasteiger partial charge in [0.1, 0.15) is 0 Å². The number of methoxy groups -OCH3 is 1. The molecule has 3 aromatic carbocycles. The van der Waals surface area contributed by atoms with E-state index in [4.69, 9.17) is 9.16 Å². The van der Waals surface area contributed by atoms with Crippen molar-refractivity contribution in [1.82, 2.24) is 0 Å². The standard InChI is InChI=1S/C25H26BrNO5Si/c1-25(2,3)33(19-11-7-5-8-12-19,20-13-9-6-10-14-20)32-17-18-15-22(26)21(24(28)31-4)16-23(18)27(29)30/h5-16H,17H2,1-4H3. The molecule has 0 aliphatic rings. The molecule has 0 fully saturated rings. The lowest BCUT2D eigenvalue weighted by atomic mass is 10.1. The lowest BCUT2D eigenvalue weighted by Gasteiger charge is -2.43. The fourth-order valence-corrected chi connectivity index (χ4v) is 9.18. The van der Waals surface area contributed by atoms with Gasteiger partial charge in [0.25, 0.3) is 14.0 Å². The van der Waals surface area contributed by atoms with Crippen molar-refractivity contribution >= 4 is 46.3 Å². The third-order valence-corrected chi connectivity index (χ3v) is 11.3. The molecule has 0 spiro atoms. The molecule has 0 heterocycles. The molecule has 0 aromatic heterocycles. The molecule has 6 nitrogen and oxygen atoms in total. The van der Waals surface area contributed by atoms with E-state index in [-0.39, 0.29) is 22.9 Å².